The van der Waals surface area contributed by atoms with E-state index in [-0.39, 0.29) is 44.3 Å². The summed E-state index contributed by atoms with van der Waals surface area (Å²) in [5.41, 5.74) is 0.328. The number of benzene rings is 1. The molecule has 9 heteroatoms. The number of carbonyl (C=O) groups excluding carboxylic acids is 2. The van der Waals surface area contributed by atoms with E-state index >= 15 is 0 Å². The van der Waals surface area contributed by atoms with E-state index in [0.717, 1.165) is 0 Å². The van der Waals surface area contributed by atoms with Gasteiger partial charge in [-0.1, -0.05) is 6.07 Å². The molecule has 2 aliphatic rings. The number of aliphatic hydroxyl groups is 1. The lowest BCUT2D eigenvalue weighted by atomic mass is 9.95. The van der Waals surface area contributed by atoms with Gasteiger partial charge in [0.15, 0.2) is 0 Å². The van der Waals surface area contributed by atoms with Crippen LogP contribution in [0.2, 0.25) is 0 Å². The highest BCUT2D eigenvalue weighted by Gasteiger charge is 2.40. The number of methoxy groups -OCH3 is 1. The fraction of sp³-hybridized carbons (Fsp3) is 0.579. The van der Waals surface area contributed by atoms with Crippen LogP contribution in [-0.4, -0.2) is 73.2 Å². The summed E-state index contributed by atoms with van der Waals surface area (Å²) < 4.78 is 29.6. The minimum Gasteiger partial charge on any atom is -0.469 e. The van der Waals surface area contributed by atoms with Crippen LogP contribution in [0.4, 0.5) is 14.9 Å². The number of halogens is 1. The van der Waals surface area contributed by atoms with Crippen molar-refractivity contribution in [3.05, 3.63) is 30.1 Å². The minimum absolute atomic E-state index is 0.0628. The van der Waals surface area contributed by atoms with Crippen LogP contribution in [0.5, 0.6) is 0 Å². The van der Waals surface area contributed by atoms with Crippen molar-refractivity contribution in [2.75, 3.05) is 32.2 Å². The van der Waals surface area contributed by atoms with Gasteiger partial charge in [-0.05, 0) is 31.0 Å². The van der Waals surface area contributed by atoms with Gasteiger partial charge in [0.1, 0.15) is 11.9 Å². The van der Waals surface area contributed by atoms with Gasteiger partial charge in [-0.3, -0.25) is 4.79 Å². The largest absolute Gasteiger partial charge is 0.469 e. The number of anilines is 1. The smallest absolute Gasteiger partial charge is 0.322 e. The third-order valence-corrected chi connectivity index (χ3v) is 4.94. The Bertz CT molecular complexity index is 703. The highest BCUT2D eigenvalue weighted by atomic mass is 19.1. The van der Waals surface area contributed by atoms with Gasteiger partial charge in [0, 0.05) is 5.69 Å². The SMILES string of the molecule is COC(=O)C[C@@H]1CC[C@H]2[C@@H](COC[C@H](O)CN2C(=O)Nc2cccc(F)c2)O1. The molecule has 4 atom stereocenters. The van der Waals surface area contributed by atoms with Crippen molar-refractivity contribution in [3.63, 3.8) is 0 Å². The van der Waals surface area contributed by atoms with Crippen molar-refractivity contribution in [2.45, 2.75) is 43.6 Å². The first-order valence-corrected chi connectivity index (χ1v) is 9.27. The first-order chi connectivity index (χ1) is 13.5. The molecular weight excluding hydrogens is 371 g/mol. The molecular formula is C19H25FN2O6. The quantitative estimate of drug-likeness (QED) is 0.752. The second-order valence-electron chi connectivity index (χ2n) is 7.01. The van der Waals surface area contributed by atoms with E-state index in [4.69, 9.17) is 14.2 Å². The molecule has 2 fully saturated rings. The first kappa shape index (κ1) is 20.5. The van der Waals surface area contributed by atoms with Crippen molar-refractivity contribution < 1.29 is 33.3 Å². The lowest BCUT2D eigenvalue weighted by Gasteiger charge is -2.44. The van der Waals surface area contributed by atoms with Crippen LogP contribution in [0.25, 0.3) is 0 Å². The molecule has 0 aliphatic carbocycles. The molecule has 2 N–H and O–H groups in total. The predicted molar refractivity (Wildman–Crippen MR) is 97.3 cm³/mol. The number of carbonyl (C=O) groups is 2. The molecule has 0 radical (unpaired) electrons. The van der Waals surface area contributed by atoms with E-state index in [0.29, 0.717) is 18.5 Å². The highest BCUT2D eigenvalue weighted by molar-refractivity contribution is 5.89. The summed E-state index contributed by atoms with van der Waals surface area (Å²) in [6.07, 6.45) is -0.302. The van der Waals surface area contributed by atoms with Gasteiger partial charge < -0.3 is 29.5 Å². The Balaban J connectivity index is 1.72. The maximum absolute atomic E-state index is 13.4. The summed E-state index contributed by atoms with van der Waals surface area (Å²) in [7, 11) is 1.33. The summed E-state index contributed by atoms with van der Waals surface area (Å²) in [6.45, 7) is 0.328. The lowest BCUT2D eigenvalue weighted by molar-refractivity contribution is -0.159. The number of hydrogen-bond acceptors (Lipinski definition) is 6. The summed E-state index contributed by atoms with van der Waals surface area (Å²) in [6, 6.07) is 4.83. The molecule has 0 spiro atoms. The zero-order valence-electron chi connectivity index (χ0n) is 15.7. The van der Waals surface area contributed by atoms with Crippen LogP contribution in [0.15, 0.2) is 24.3 Å². The van der Waals surface area contributed by atoms with Crippen molar-refractivity contribution in [1.82, 2.24) is 4.90 Å². The van der Waals surface area contributed by atoms with Crippen LogP contribution in [0.3, 0.4) is 0 Å². The number of nitrogens with one attached hydrogen (secondary N) is 1. The fourth-order valence-corrected chi connectivity index (χ4v) is 3.61. The Labute approximate surface area is 162 Å². The van der Waals surface area contributed by atoms with Gasteiger partial charge in [0.2, 0.25) is 0 Å². The summed E-state index contributed by atoms with van der Waals surface area (Å²) in [5.74, 6) is -0.810. The standard InChI is InChI=1S/C19H25FN2O6/c1-26-18(24)8-15-5-6-16-17(28-15)11-27-10-14(23)9-22(16)19(25)21-13-4-2-3-12(20)7-13/h2-4,7,14-17,23H,5-6,8-11H2,1H3,(H,21,25)/t14-,15+,16+,17-/m1/s1. The third-order valence-electron chi connectivity index (χ3n) is 4.94. The maximum Gasteiger partial charge on any atom is 0.322 e. The van der Waals surface area contributed by atoms with E-state index in [2.05, 4.69) is 5.32 Å². The van der Waals surface area contributed by atoms with Gasteiger partial charge in [-0.2, -0.15) is 0 Å². The topological polar surface area (TPSA) is 97.3 Å². The second-order valence-corrected chi connectivity index (χ2v) is 7.01. The molecule has 28 heavy (non-hydrogen) atoms. The average molecular weight is 396 g/mol. The molecule has 0 aromatic heterocycles. The average Bonchev–Trinajstić information content (AvgIpc) is 2.65. The number of ether oxygens (including phenoxy) is 3. The number of hydrogen-bond donors (Lipinski definition) is 2. The van der Waals surface area contributed by atoms with E-state index < -0.39 is 24.1 Å². The predicted octanol–water partition coefficient (Wildman–Crippen LogP) is 1.53. The van der Waals surface area contributed by atoms with Gasteiger partial charge >= 0.3 is 12.0 Å². The number of amides is 2. The summed E-state index contributed by atoms with van der Waals surface area (Å²) in [4.78, 5) is 25.9. The summed E-state index contributed by atoms with van der Waals surface area (Å²) >= 11 is 0. The zero-order valence-corrected chi connectivity index (χ0v) is 15.7. The third kappa shape index (κ3) is 5.18. The molecule has 0 unspecified atom stereocenters. The highest BCUT2D eigenvalue weighted by Crippen LogP contribution is 2.28. The normalized spacial score (nSPS) is 27.9. The molecule has 3 rings (SSSR count). The number of rotatable bonds is 3. The van der Waals surface area contributed by atoms with E-state index in [1.807, 2.05) is 0 Å². The van der Waals surface area contributed by atoms with Crippen LogP contribution < -0.4 is 5.32 Å². The molecule has 2 heterocycles. The molecule has 1 aromatic carbocycles. The molecule has 2 saturated heterocycles. The molecule has 0 saturated carbocycles. The van der Waals surface area contributed by atoms with Crippen LogP contribution in [0, 0.1) is 5.82 Å². The van der Waals surface area contributed by atoms with Crippen molar-refractivity contribution in [3.8, 4) is 0 Å². The van der Waals surface area contributed by atoms with E-state index in [1.54, 1.807) is 6.07 Å². The number of aliphatic hydroxyl groups excluding tert-OH is 1. The number of β-amino-alcohol motifs (C(OH)–C–C–N with tert-alkyl or cyclic N) is 1. The minimum atomic E-state index is -0.841. The number of fused-ring (bicyclic) bond motifs is 1. The van der Waals surface area contributed by atoms with Crippen LogP contribution in [-0.2, 0) is 19.0 Å². The van der Waals surface area contributed by atoms with Gasteiger partial charge in [-0.15, -0.1) is 0 Å². The first-order valence-electron chi connectivity index (χ1n) is 9.27. The molecule has 0 bridgehead atoms. The van der Waals surface area contributed by atoms with Crippen molar-refractivity contribution in [1.29, 1.82) is 0 Å². The monoisotopic (exact) mass is 396 g/mol. The molecule has 154 valence electrons. The second kappa shape index (κ2) is 9.31. The lowest BCUT2D eigenvalue weighted by Crippen LogP contribution is -2.58. The summed E-state index contributed by atoms with van der Waals surface area (Å²) in [5, 5.41) is 12.8. The molecule has 2 amide bonds. The number of nitrogens with zero attached hydrogens (tertiary/aromatic N) is 1. The van der Waals surface area contributed by atoms with Gasteiger partial charge in [0.25, 0.3) is 0 Å². The Morgan fingerprint density at radius 1 is 1.36 bits per heavy atom. The van der Waals surface area contributed by atoms with Crippen LogP contribution >= 0.6 is 0 Å². The Kier molecular flexibility index (Phi) is 6.82. The molecule has 8 nitrogen and oxygen atoms in total. The van der Waals surface area contributed by atoms with Gasteiger partial charge in [0.05, 0.1) is 51.5 Å². The van der Waals surface area contributed by atoms with Crippen molar-refractivity contribution in [2.24, 2.45) is 0 Å². The van der Waals surface area contributed by atoms with Crippen LogP contribution in [0.1, 0.15) is 19.3 Å². The molecule has 1 aromatic rings. The number of urea groups is 1. The molecule has 2 aliphatic heterocycles. The zero-order chi connectivity index (χ0) is 20.1. The van der Waals surface area contributed by atoms with Gasteiger partial charge in [-0.25, -0.2) is 9.18 Å². The fourth-order valence-electron chi connectivity index (χ4n) is 3.61. The maximum atomic E-state index is 13.4. The Hall–Kier alpha value is -2.23. The Morgan fingerprint density at radius 2 is 2.18 bits per heavy atom. The number of esters is 1. The van der Waals surface area contributed by atoms with E-state index in [9.17, 15) is 19.1 Å². The Morgan fingerprint density at radius 3 is 2.93 bits per heavy atom. The van der Waals surface area contributed by atoms with Crippen molar-refractivity contribution >= 4 is 17.7 Å². The van der Waals surface area contributed by atoms with E-state index in [1.165, 1.54) is 30.2 Å².